The molecule has 0 fully saturated rings. The number of carbonyl (C=O) groups excluding carboxylic acids is 1. The predicted octanol–water partition coefficient (Wildman–Crippen LogP) is 1.68. The predicted molar refractivity (Wildman–Crippen MR) is 94.8 cm³/mol. The van der Waals surface area contributed by atoms with E-state index in [0.29, 0.717) is 6.54 Å². The van der Waals surface area contributed by atoms with E-state index in [2.05, 4.69) is 49.2 Å². The van der Waals surface area contributed by atoms with Gasteiger partial charge in [0.05, 0.1) is 12.6 Å². The first-order chi connectivity index (χ1) is 12.2. The Morgan fingerprint density at radius 1 is 1.16 bits per heavy atom. The van der Waals surface area contributed by atoms with Gasteiger partial charge < -0.3 is 9.88 Å². The SMILES string of the molecule is CC(C(=O)NCc1nnc2n1CCCC2)N1CCc2ccccc2C1. The summed E-state index contributed by atoms with van der Waals surface area (Å²) in [6.45, 7) is 5.17. The molecule has 2 aliphatic heterocycles. The van der Waals surface area contributed by atoms with Gasteiger partial charge in [-0.05, 0) is 37.3 Å². The minimum atomic E-state index is -0.142. The molecule has 25 heavy (non-hydrogen) atoms. The summed E-state index contributed by atoms with van der Waals surface area (Å²) in [6, 6.07) is 8.36. The van der Waals surface area contributed by atoms with Crippen LogP contribution >= 0.6 is 0 Å². The van der Waals surface area contributed by atoms with Crippen LogP contribution in [0.2, 0.25) is 0 Å². The number of rotatable bonds is 4. The molecule has 6 heteroatoms. The highest BCUT2D eigenvalue weighted by Gasteiger charge is 2.25. The molecule has 0 saturated heterocycles. The van der Waals surface area contributed by atoms with Crippen LogP contribution in [-0.2, 0) is 37.3 Å². The van der Waals surface area contributed by atoms with Crippen LogP contribution in [0.1, 0.15) is 42.5 Å². The van der Waals surface area contributed by atoms with E-state index in [0.717, 1.165) is 50.5 Å². The fourth-order valence-electron chi connectivity index (χ4n) is 3.83. The molecule has 2 aromatic rings. The van der Waals surface area contributed by atoms with Crippen LogP contribution in [0, 0.1) is 0 Å². The summed E-state index contributed by atoms with van der Waals surface area (Å²) < 4.78 is 2.16. The molecule has 4 rings (SSSR count). The van der Waals surface area contributed by atoms with E-state index in [4.69, 9.17) is 0 Å². The smallest absolute Gasteiger partial charge is 0.237 e. The molecule has 1 atom stereocenters. The highest BCUT2D eigenvalue weighted by atomic mass is 16.2. The number of carbonyl (C=O) groups is 1. The molecule has 0 bridgehead atoms. The first-order valence-corrected chi connectivity index (χ1v) is 9.22. The number of aryl methyl sites for hydroxylation is 1. The van der Waals surface area contributed by atoms with Crippen molar-refractivity contribution >= 4 is 5.91 Å². The van der Waals surface area contributed by atoms with Crippen LogP contribution in [-0.4, -0.2) is 38.2 Å². The maximum Gasteiger partial charge on any atom is 0.237 e. The number of nitrogens with zero attached hydrogens (tertiary/aromatic N) is 4. The molecule has 0 aliphatic carbocycles. The average molecular weight is 339 g/mol. The zero-order valence-corrected chi connectivity index (χ0v) is 14.7. The highest BCUT2D eigenvalue weighted by molar-refractivity contribution is 5.81. The Morgan fingerprint density at radius 3 is 2.88 bits per heavy atom. The Labute approximate surface area is 148 Å². The van der Waals surface area contributed by atoms with Crippen LogP contribution in [0.4, 0.5) is 0 Å². The first-order valence-electron chi connectivity index (χ1n) is 9.22. The average Bonchev–Trinajstić information content (AvgIpc) is 3.08. The zero-order chi connectivity index (χ0) is 17.2. The van der Waals surface area contributed by atoms with Gasteiger partial charge in [-0.15, -0.1) is 10.2 Å². The normalized spacial score (nSPS) is 18.3. The third kappa shape index (κ3) is 3.31. The number of fused-ring (bicyclic) bond motifs is 2. The summed E-state index contributed by atoms with van der Waals surface area (Å²) in [7, 11) is 0. The highest BCUT2D eigenvalue weighted by Crippen LogP contribution is 2.20. The van der Waals surface area contributed by atoms with Crippen molar-refractivity contribution in [2.45, 2.75) is 58.3 Å². The van der Waals surface area contributed by atoms with Gasteiger partial charge in [-0.3, -0.25) is 9.69 Å². The van der Waals surface area contributed by atoms with E-state index in [1.54, 1.807) is 0 Å². The molecule has 1 aromatic heterocycles. The minimum absolute atomic E-state index is 0.0625. The van der Waals surface area contributed by atoms with E-state index >= 15 is 0 Å². The fourth-order valence-corrected chi connectivity index (χ4v) is 3.83. The Kier molecular flexibility index (Phi) is 4.53. The van der Waals surface area contributed by atoms with Gasteiger partial charge in [-0.1, -0.05) is 24.3 Å². The van der Waals surface area contributed by atoms with Gasteiger partial charge in [-0.25, -0.2) is 0 Å². The number of amides is 1. The lowest BCUT2D eigenvalue weighted by Gasteiger charge is -2.32. The van der Waals surface area contributed by atoms with Crippen molar-refractivity contribution in [1.82, 2.24) is 25.0 Å². The van der Waals surface area contributed by atoms with Gasteiger partial charge in [0, 0.05) is 26.1 Å². The number of nitrogens with one attached hydrogen (secondary N) is 1. The van der Waals surface area contributed by atoms with Gasteiger partial charge in [0.25, 0.3) is 0 Å². The zero-order valence-electron chi connectivity index (χ0n) is 14.7. The molecular weight excluding hydrogens is 314 g/mol. The van der Waals surface area contributed by atoms with E-state index in [-0.39, 0.29) is 11.9 Å². The standard InChI is InChI=1S/C19H25N5O/c1-14(23-11-9-15-6-2-3-7-16(15)13-23)19(25)20-12-18-22-21-17-8-4-5-10-24(17)18/h2-3,6-7,14H,4-5,8-13H2,1H3,(H,20,25). The molecule has 0 radical (unpaired) electrons. The van der Waals surface area contributed by atoms with Crippen LogP contribution in [0.25, 0.3) is 0 Å². The summed E-state index contributed by atoms with van der Waals surface area (Å²) in [5.74, 6) is 1.99. The van der Waals surface area contributed by atoms with Crippen LogP contribution < -0.4 is 5.32 Å². The molecule has 0 spiro atoms. The summed E-state index contributed by atoms with van der Waals surface area (Å²) in [5, 5.41) is 11.6. The minimum Gasteiger partial charge on any atom is -0.347 e. The van der Waals surface area contributed by atoms with Crippen molar-refractivity contribution in [2.24, 2.45) is 0 Å². The van der Waals surface area contributed by atoms with Crippen LogP contribution in [0.3, 0.4) is 0 Å². The number of benzene rings is 1. The fraction of sp³-hybridized carbons (Fsp3) is 0.526. The molecule has 0 saturated carbocycles. The lowest BCUT2D eigenvalue weighted by Crippen LogP contribution is -2.47. The van der Waals surface area contributed by atoms with E-state index in [9.17, 15) is 4.79 Å². The molecule has 1 unspecified atom stereocenters. The van der Waals surface area contributed by atoms with Gasteiger partial charge in [0.1, 0.15) is 5.82 Å². The lowest BCUT2D eigenvalue weighted by molar-refractivity contribution is -0.126. The van der Waals surface area contributed by atoms with Crippen molar-refractivity contribution in [1.29, 1.82) is 0 Å². The molecular formula is C19H25N5O. The Morgan fingerprint density at radius 2 is 2.00 bits per heavy atom. The molecule has 2 aliphatic rings. The maximum atomic E-state index is 12.6. The molecule has 3 heterocycles. The van der Waals surface area contributed by atoms with Crippen molar-refractivity contribution < 1.29 is 4.79 Å². The molecule has 1 aromatic carbocycles. The number of hydrogen-bond acceptors (Lipinski definition) is 4. The third-order valence-corrected chi connectivity index (χ3v) is 5.44. The quantitative estimate of drug-likeness (QED) is 0.920. The molecule has 6 nitrogen and oxygen atoms in total. The van der Waals surface area contributed by atoms with Crippen molar-refractivity contribution in [3.63, 3.8) is 0 Å². The number of hydrogen-bond donors (Lipinski definition) is 1. The second-order valence-corrected chi connectivity index (χ2v) is 7.02. The molecule has 1 amide bonds. The summed E-state index contributed by atoms with van der Waals surface area (Å²) in [4.78, 5) is 14.9. The van der Waals surface area contributed by atoms with Crippen molar-refractivity contribution in [2.75, 3.05) is 6.54 Å². The summed E-state index contributed by atoms with van der Waals surface area (Å²) in [6.07, 6.45) is 4.34. The topological polar surface area (TPSA) is 63.1 Å². The maximum absolute atomic E-state index is 12.6. The first kappa shape index (κ1) is 16.3. The summed E-state index contributed by atoms with van der Waals surface area (Å²) in [5.41, 5.74) is 2.74. The van der Waals surface area contributed by atoms with Gasteiger partial charge in [-0.2, -0.15) is 0 Å². The Hall–Kier alpha value is -2.21. The van der Waals surface area contributed by atoms with Gasteiger partial charge >= 0.3 is 0 Å². The van der Waals surface area contributed by atoms with Gasteiger partial charge in [0.2, 0.25) is 5.91 Å². The number of aromatic nitrogens is 3. The molecule has 132 valence electrons. The second-order valence-electron chi connectivity index (χ2n) is 7.02. The second kappa shape index (κ2) is 6.96. The molecule has 1 N–H and O–H groups in total. The Balaban J connectivity index is 1.36. The van der Waals surface area contributed by atoms with E-state index in [1.165, 1.54) is 17.5 Å². The van der Waals surface area contributed by atoms with Gasteiger partial charge in [0.15, 0.2) is 5.82 Å². The van der Waals surface area contributed by atoms with Crippen molar-refractivity contribution in [3.05, 3.63) is 47.0 Å². The van der Waals surface area contributed by atoms with Crippen LogP contribution in [0.15, 0.2) is 24.3 Å². The van der Waals surface area contributed by atoms with Crippen molar-refractivity contribution in [3.8, 4) is 0 Å². The lowest BCUT2D eigenvalue weighted by atomic mass is 9.99. The summed E-state index contributed by atoms with van der Waals surface area (Å²) >= 11 is 0. The van der Waals surface area contributed by atoms with E-state index in [1.807, 2.05) is 6.92 Å². The monoisotopic (exact) mass is 339 g/mol. The van der Waals surface area contributed by atoms with Crippen LogP contribution in [0.5, 0.6) is 0 Å². The Bertz CT molecular complexity index is 769. The third-order valence-electron chi connectivity index (χ3n) is 5.44. The van der Waals surface area contributed by atoms with E-state index < -0.39 is 0 Å². The largest absolute Gasteiger partial charge is 0.347 e.